The molecule has 0 radical (unpaired) electrons. The molecule has 0 saturated carbocycles. The number of benzene rings is 2. The lowest BCUT2D eigenvalue weighted by molar-refractivity contribution is 0.423. The van der Waals surface area contributed by atoms with Crippen molar-refractivity contribution in [1.82, 2.24) is 0 Å². The van der Waals surface area contributed by atoms with E-state index in [4.69, 9.17) is 4.74 Å². The van der Waals surface area contributed by atoms with E-state index in [1.807, 2.05) is 30.4 Å². The fourth-order valence-electron chi connectivity index (χ4n) is 5.31. The third-order valence-electron chi connectivity index (χ3n) is 7.72. The number of rotatable bonds is 5. The molecule has 0 bridgehead atoms. The molecular weight excluding hydrogens is 501 g/mol. The summed E-state index contributed by atoms with van der Waals surface area (Å²) in [4.78, 5) is 2.22. The lowest BCUT2D eigenvalue weighted by Gasteiger charge is -2.34. The van der Waals surface area contributed by atoms with E-state index in [0.29, 0.717) is 17.8 Å². The summed E-state index contributed by atoms with van der Waals surface area (Å²) in [5.74, 6) is 3.44. The van der Waals surface area contributed by atoms with E-state index < -0.39 is 0 Å². The molecule has 0 spiro atoms. The van der Waals surface area contributed by atoms with Crippen molar-refractivity contribution in [1.29, 1.82) is 0 Å². The highest BCUT2D eigenvalue weighted by molar-refractivity contribution is 6.85. The second kappa shape index (κ2) is 12.6. The lowest BCUT2D eigenvalue weighted by atomic mass is 9.38. The highest BCUT2D eigenvalue weighted by Gasteiger charge is 2.33. The predicted octanol–water partition coefficient (Wildman–Crippen LogP) is 8.59. The van der Waals surface area contributed by atoms with Gasteiger partial charge in [0.25, 0.3) is 0 Å². The average molecular weight is 544 g/mol. The molecule has 0 aliphatic carbocycles. The molecule has 2 heterocycles. The summed E-state index contributed by atoms with van der Waals surface area (Å²) in [5, 5.41) is 10.6. The Morgan fingerprint density at radius 3 is 2.54 bits per heavy atom. The second-order valence-corrected chi connectivity index (χ2v) is 12.2. The average Bonchev–Trinajstić information content (AvgIpc) is 2.93. The van der Waals surface area contributed by atoms with Crippen molar-refractivity contribution in [3.8, 4) is 5.75 Å². The van der Waals surface area contributed by atoms with Crippen LogP contribution in [0.1, 0.15) is 52.2 Å². The second-order valence-electron chi connectivity index (χ2n) is 12.2. The summed E-state index contributed by atoms with van der Waals surface area (Å²) >= 11 is 0. The van der Waals surface area contributed by atoms with Gasteiger partial charge in [0.15, 0.2) is 0 Å². The van der Waals surface area contributed by atoms with Crippen molar-refractivity contribution in [3.63, 3.8) is 0 Å². The highest BCUT2D eigenvalue weighted by Crippen LogP contribution is 2.38. The Kier molecular flexibility index (Phi) is 9.13. The third-order valence-corrected chi connectivity index (χ3v) is 7.72. The Labute approximate surface area is 247 Å². The van der Waals surface area contributed by atoms with Gasteiger partial charge in [-0.15, -0.1) is 5.98 Å². The number of allylic oxidation sites excluding steroid dienone is 9. The van der Waals surface area contributed by atoms with Crippen LogP contribution in [0.5, 0.6) is 5.75 Å². The van der Waals surface area contributed by atoms with Crippen LogP contribution in [-0.4, -0.2) is 18.4 Å². The molecule has 3 nitrogen and oxygen atoms in total. The molecule has 2 aromatic rings. The van der Waals surface area contributed by atoms with Crippen LogP contribution in [0.2, 0.25) is 0 Å². The van der Waals surface area contributed by atoms with Crippen LogP contribution in [0.15, 0.2) is 139 Å². The number of nitrogens with zero attached hydrogens (tertiary/aromatic N) is 1. The van der Waals surface area contributed by atoms with E-state index in [1.54, 1.807) is 6.08 Å². The smallest absolute Gasteiger partial charge is 0.247 e. The maximum Gasteiger partial charge on any atom is 0.247 e. The molecule has 0 saturated heterocycles. The summed E-state index contributed by atoms with van der Waals surface area (Å²) in [6.07, 6.45) is 20.2. The van der Waals surface area contributed by atoms with Crippen LogP contribution in [0.4, 0.5) is 5.69 Å². The molecule has 4 rings (SSSR count). The summed E-state index contributed by atoms with van der Waals surface area (Å²) < 4.78 is 6.50. The summed E-state index contributed by atoms with van der Waals surface area (Å²) in [7, 11) is 0. The predicted molar refractivity (Wildman–Crippen MR) is 177 cm³/mol. The fourth-order valence-corrected chi connectivity index (χ4v) is 5.31. The van der Waals surface area contributed by atoms with E-state index in [0.717, 1.165) is 29.0 Å². The van der Waals surface area contributed by atoms with E-state index in [-0.39, 0.29) is 17.5 Å². The van der Waals surface area contributed by atoms with Gasteiger partial charge in [0.2, 0.25) is 6.71 Å². The van der Waals surface area contributed by atoms with Crippen molar-refractivity contribution >= 4 is 17.9 Å². The van der Waals surface area contributed by atoms with Crippen LogP contribution < -0.4 is 15.1 Å². The standard InChI is InChI=1S/C37H42BNO2/c1-8-9-10-16-23-38-31-26-29(36(3,4)5)20-21-34(31)41-35(32(38)27-40)25-28(2)39-24-17-12-11-15-22-37(6,7)30-18-13-14-19-33(30)39/h8-21,23,25-27,40H,1-2,22,24H2,3-7H3/b10-9-,15-11-,17-12-,23-16+,32-27-,35-25+. The molecule has 0 atom stereocenters. The quantitative estimate of drug-likeness (QED) is 0.233. The van der Waals surface area contributed by atoms with Gasteiger partial charge in [-0.25, -0.2) is 0 Å². The zero-order valence-corrected chi connectivity index (χ0v) is 25.1. The normalized spacial score (nSPS) is 20.5. The maximum absolute atomic E-state index is 10.6. The topological polar surface area (TPSA) is 32.7 Å². The molecule has 0 unspecified atom stereocenters. The van der Waals surface area contributed by atoms with Crippen LogP contribution in [0.25, 0.3) is 0 Å². The van der Waals surface area contributed by atoms with Gasteiger partial charge in [0, 0.05) is 29.5 Å². The molecule has 41 heavy (non-hydrogen) atoms. The Balaban J connectivity index is 1.81. The van der Waals surface area contributed by atoms with Gasteiger partial charge in [-0.2, -0.15) is 0 Å². The molecule has 2 aliphatic rings. The summed E-state index contributed by atoms with van der Waals surface area (Å²) in [6.45, 7) is 19.9. The molecular formula is C37H42BNO2. The zero-order chi connectivity index (χ0) is 29.6. The van der Waals surface area contributed by atoms with Gasteiger partial charge in [0.05, 0.1) is 6.26 Å². The number of ether oxygens (including phenoxy) is 1. The van der Waals surface area contributed by atoms with E-state index >= 15 is 0 Å². The van der Waals surface area contributed by atoms with Crippen molar-refractivity contribution in [2.24, 2.45) is 0 Å². The molecule has 2 aliphatic heterocycles. The first kappa shape index (κ1) is 29.8. The van der Waals surface area contributed by atoms with Crippen LogP contribution in [0.3, 0.4) is 0 Å². The largest absolute Gasteiger partial charge is 0.516 e. The van der Waals surface area contributed by atoms with Crippen molar-refractivity contribution < 1.29 is 9.84 Å². The first-order chi connectivity index (χ1) is 19.6. The zero-order valence-electron chi connectivity index (χ0n) is 25.1. The minimum atomic E-state index is -0.199. The first-order valence-electron chi connectivity index (χ1n) is 14.3. The van der Waals surface area contributed by atoms with E-state index in [2.05, 4.69) is 119 Å². The minimum absolute atomic E-state index is 0.0213. The molecule has 4 heteroatoms. The van der Waals surface area contributed by atoms with Crippen molar-refractivity contribution in [2.75, 3.05) is 11.4 Å². The van der Waals surface area contributed by atoms with Crippen molar-refractivity contribution in [2.45, 2.75) is 51.9 Å². The van der Waals surface area contributed by atoms with Crippen LogP contribution in [0, 0.1) is 0 Å². The molecule has 0 amide bonds. The Morgan fingerprint density at radius 1 is 1.05 bits per heavy atom. The molecule has 210 valence electrons. The van der Waals surface area contributed by atoms with E-state index in [1.165, 1.54) is 17.4 Å². The number of aliphatic hydroxyl groups is 1. The number of anilines is 1. The third kappa shape index (κ3) is 6.77. The molecule has 0 aromatic heterocycles. The monoisotopic (exact) mass is 543 g/mol. The highest BCUT2D eigenvalue weighted by atomic mass is 16.5. The number of aliphatic hydroxyl groups excluding tert-OH is 1. The summed E-state index contributed by atoms with van der Waals surface area (Å²) in [5.41, 5.74) is 5.99. The Hall–Kier alpha value is -4.18. The van der Waals surface area contributed by atoms with Gasteiger partial charge >= 0.3 is 0 Å². The van der Waals surface area contributed by atoms with Crippen LogP contribution >= 0.6 is 0 Å². The van der Waals surface area contributed by atoms with Gasteiger partial charge < -0.3 is 14.7 Å². The fraction of sp³-hybridized carbons (Fsp3) is 0.243. The molecule has 1 N–H and O–H groups in total. The Bertz CT molecular complexity index is 1480. The number of hydrogen-bond acceptors (Lipinski definition) is 3. The van der Waals surface area contributed by atoms with Gasteiger partial charge in [-0.05, 0) is 46.0 Å². The van der Waals surface area contributed by atoms with Crippen molar-refractivity contribution in [3.05, 3.63) is 151 Å². The Morgan fingerprint density at radius 2 is 1.80 bits per heavy atom. The molecule has 2 aromatic carbocycles. The van der Waals surface area contributed by atoms with E-state index in [9.17, 15) is 5.11 Å². The minimum Gasteiger partial charge on any atom is -0.516 e. The van der Waals surface area contributed by atoms with Gasteiger partial charge in [-0.1, -0.05) is 127 Å². The number of fused-ring (bicyclic) bond motifs is 2. The maximum atomic E-state index is 10.6. The number of hydrogen-bond donors (Lipinski definition) is 1. The first-order valence-corrected chi connectivity index (χ1v) is 14.3. The summed E-state index contributed by atoms with van der Waals surface area (Å²) in [6, 6.07) is 14.9. The van der Waals surface area contributed by atoms with Crippen LogP contribution in [-0.2, 0) is 10.8 Å². The molecule has 0 fully saturated rings. The van der Waals surface area contributed by atoms with Gasteiger partial charge in [-0.3, -0.25) is 0 Å². The number of para-hydroxylation sites is 1. The lowest BCUT2D eigenvalue weighted by Crippen LogP contribution is -2.39. The van der Waals surface area contributed by atoms with Gasteiger partial charge in [0.1, 0.15) is 11.5 Å². The SMILES string of the molecule is C=C/C=C\C=C\B1C(=C\O)/C(=C\C(=C)N2C/C=C\C=C/CC(C)(C)c3ccccc32)Oc2ccc(C(C)(C)C)cc21.